The zero-order chi connectivity index (χ0) is 16.1. The summed E-state index contributed by atoms with van der Waals surface area (Å²) in [5.74, 6) is -1.18. The lowest BCUT2D eigenvalue weighted by atomic mass is 10.1. The minimum absolute atomic E-state index is 0.0947. The van der Waals surface area contributed by atoms with E-state index in [2.05, 4.69) is 22.2 Å². The first-order chi connectivity index (χ1) is 10.6. The molecule has 0 bridgehead atoms. The molecule has 7 heteroatoms. The molecular formula is C15H18ClN3O3. The first-order valence-corrected chi connectivity index (χ1v) is 7.51. The highest BCUT2D eigenvalue weighted by Crippen LogP contribution is 2.30. The Morgan fingerprint density at radius 3 is 2.91 bits per heavy atom. The number of unbranched alkanes of at least 4 members (excludes halogenated alkanes) is 1. The van der Waals surface area contributed by atoms with Crippen LogP contribution in [0.15, 0.2) is 18.3 Å². The van der Waals surface area contributed by atoms with E-state index in [1.54, 1.807) is 18.3 Å². The second-order valence-electron chi connectivity index (χ2n) is 4.99. The lowest BCUT2D eigenvalue weighted by Gasteiger charge is -2.20. The second-order valence-corrected chi connectivity index (χ2v) is 5.35. The molecule has 2 rings (SSSR count). The van der Waals surface area contributed by atoms with Gasteiger partial charge in [0.25, 0.3) is 0 Å². The number of nitrogens with one attached hydrogen (secondary N) is 1. The highest BCUT2D eigenvalue weighted by molar-refractivity contribution is 6.34. The molecule has 2 aromatic heterocycles. The van der Waals surface area contributed by atoms with E-state index in [-0.39, 0.29) is 23.4 Å². The summed E-state index contributed by atoms with van der Waals surface area (Å²) in [5, 5.41) is 21.9. The predicted molar refractivity (Wildman–Crippen MR) is 85.5 cm³/mol. The average Bonchev–Trinajstić information content (AvgIpc) is 2.50. The molecule has 0 saturated heterocycles. The van der Waals surface area contributed by atoms with Crippen molar-refractivity contribution in [1.29, 1.82) is 0 Å². The van der Waals surface area contributed by atoms with Crippen LogP contribution in [0.5, 0.6) is 0 Å². The average molecular weight is 324 g/mol. The van der Waals surface area contributed by atoms with Gasteiger partial charge in [0.2, 0.25) is 0 Å². The lowest BCUT2D eigenvalue weighted by molar-refractivity contribution is 0.0697. The van der Waals surface area contributed by atoms with Gasteiger partial charge in [-0.3, -0.25) is 4.98 Å². The van der Waals surface area contributed by atoms with Gasteiger partial charge in [-0.1, -0.05) is 31.4 Å². The molecular weight excluding hydrogens is 306 g/mol. The van der Waals surface area contributed by atoms with Gasteiger partial charge in [-0.05, 0) is 18.6 Å². The Hall–Kier alpha value is -1.92. The van der Waals surface area contributed by atoms with Crippen LogP contribution in [-0.4, -0.2) is 38.8 Å². The van der Waals surface area contributed by atoms with Gasteiger partial charge in [0.1, 0.15) is 16.2 Å². The molecule has 0 amide bonds. The van der Waals surface area contributed by atoms with Crippen molar-refractivity contribution in [1.82, 2.24) is 9.97 Å². The number of halogens is 1. The summed E-state index contributed by atoms with van der Waals surface area (Å²) >= 11 is 6.01. The molecule has 0 saturated carbocycles. The van der Waals surface area contributed by atoms with Gasteiger partial charge < -0.3 is 15.5 Å². The number of hydrogen-bond acceptors (Lipinski definition) is 5. The Kier molecular flexibility index (Phi) is 5.51. The van der Waals surface area contributed by atoms with Gasteiger partial charge in [-0.25, -0.2) is 9.78 Å². The minimum Gasteiger partial charge on any atom is -0.478 e. The summed E-state index contributed by atoms with van der Waals surface area (Å²) in [6.07, 6.45) is 4.19. The van der Waals surface area contributed by atoms with E-state index in [1.807, 2.05) is 0 Å². The van der Waals surface area contributed by atoms with Crippen LogP contribution in [0.1, 0.15) is 36.5 Å². The molecule has 3 N–H and O–H groups in total. The molecule has 22 heavy (non-hydrogen) atoms. The fraction of sp³-hybridized carbons (Fsp3) is 0.400. The van der Waals surface area contributed by atoms with Crippen LogP contribution in [0.2, 0.25) is 5.15 Å². The third-order valence-corrected chi connectivity index (χ3v) is 3.66. The topological polar surface area (TPSA) is 95.3 Å². The molecule has 0 radical (unpaired) electrons. The van der Waals surface area contributed by atoms with Crippen LogP contribution in [0.4, 0.5) is 5.69 Å². The van der Waals surface area contributed by atoms with Gasteiger partial charge in [-0.2, -0.15) is 0 Å². The fourth-order valence-corrected chi connectivity index (χ4v) is 2.53. The zero-order valence-corrected chi connectivity index (χ0v) is 13.0. The summed E-state index contributed by atoms with van der Waals surface area (Å²) in [5.41, 5.74) is 1.12. The van der Waals surface area contributed by atoms with E-state index in [9.17, 15) is 15.0 Å². The van der Waals surface area contributed by atoms with Crippen molar-refractivity contribution in [2.75, 3.05) is 11.9 Å². The number of aliphatic hydroxyl groups is 1. The van der Waals surface area contributed by atoms with Crippen molar-refractivity contribution in [2.45, 2.75) is 32.2 Å². The number of carboxylic acids is 1. The van der Waals surface area contributed by atoms with Crippen molar-refractivity contribution >= 4 is 34.3 Å². The molecule has 0 fully saturated rings. The lowest BCUT2D eigenvalue weighted by Crippen LogP contribution is -2.25. The number of carboxylic acid groups (broad SMARTS) is 1. The SMILES string of the molecule is CCCC[C@@H](CO)Nc1c(C(=O)O)c(Cl)nc2cccnc12. The smallest absolute Gasteiger partial charge is 0.341 e. The highest BCUT2D eigenvalue weighted by Gasteiger charge is 2.22. The highest BCUT2D eigenvalue weighted by atomic mass is 35.5. The molecule has 118 valence electrons. The van der Waals surface area contributed by atoms with Crippen LogP contribution in [0.25, 0.3) is 11.0 Å². The van der Waals surface area contributed by atoms with Crippen LogP contribution >= 0.6 is 11.6 Å². The zero-order valence-electron chi connectivity index (χ0n) is 12.2. The summed E-state index contributed by atoms with van der Waals surface area (Å²) < 4.78 is 0. The largest absolute Gasteiger partial charge is 0.478 e. The third kappa shape index (κ3) is 3.45. The molecule has 0 aliphatic heterocycles. The van der Waals surface area contributed by atoms with E-state index in [1.165, 1.54) is 0 Å². The molecule has 0 aliphatic rings. The number of anilines is 1. The van der Waals surface area contributed by atoms with Crippen molar-refractivity contribution in [3.05, 3.63) is 29.0 Å². The molecule has 1 atom stereocenters. The second kappa shape index (κ2) is 7.38. The van der Waals surface area contributed by atoms with Crippen LogP contribution < -0.4 is 5.32 Å². The minimum atomic E-state index is -1.18. The van der Waals surface area contributed by atoms with E-state index in [0.29, 0.717) is 16.7 Å². The number of nitrogens with zero attached hydrogens (tertiary/aromatic N) is 2. The van der Waals surface area contributed by atoms with Gasteiger partial charge in [0.05, 0.1) is 17.8 Å². The molecule has 2 heterocycles. The summed E-state index contributed by atoms with van der Waals surface area (Å²) in [4.78, 5) is 19.8. The van der Waals surface area contributed by atoms with E-state index >= 15 is 0 Å². The maximum atomic E-state index is 11.5. The third-order valence-electron chi connectivity index (χ3n) is 3.39. The summed E-state index contributed by atoms with van der Waals surface area (Å²) in [6, 6.07) is 3.16. The van der Waals surface area contributed by atoms with E-state index in [0.717, 1.165) is 19.3 Å². The maximum Gasteiger partial charge on any atom is 0.341 e. The number of fused-ring (bicyclic) bond motifs is 1. The Bertz CT molecular complexity index is 678. The first kappa shape index (κ1) is 16.5. The number of aromatic carboxylic acids is 1. The van der Waals surface area contributed by atoms with Crippen LogP contribution in [0, 0.1) is 0 Å². The van der Waals surface area contributed by atoms with Crippen molar-refractivity contribution in [3.63, 3.8) is 0 Å². The number of hydrogen-bond donors (Lipinski definition) is 3. The molecule has 0 aliphatic carbocycles. The number of aromatic nitrogens is 2. The quantitative estimate of drug-likeness (QED) is 0.678. The fourth-order valence-electron chi connectivity index (χ4n) is 2.26. The van der Waals surface area contributed by atoms with Crippen molar-refractivity contribution in [2.24, 2.45) is 0 Å². The monoisotopic (exact) mass is 323 g/mol. The van der Waals surface area contributed by atoms with Gasteiger partial charge in [0, 0.05) is 12.2 Å². The van der Waals surface area contributed by atoms with Crippen molar-refractivity contribution < 1.29 is 15.0 Å². The van der Waals surface area contributed by atoms with E-state index < -0.39 is 5.97 Å². The van der Waals surface area contributed by atoms with Gasteiger partial charge >= 0.3 is 5.97 Å². The predicted octanol–water partition coefficient (Wildman–Crippen LogP) is 2.94. The first-order valence-electron chi connectivity index (χ1n) is 7.13. The van der Waals surface area contributed by atoms with Crippen LogP contribution in [0.3, 0.4) is 0 Å². The molecule has 2 aromatic rings. The molecule has 0 unspecified atom stereocenters. The number of aliphatic hydroxyl groups excluding tert-OH is 1. The van der Waals surface area contributed by atoms with E-state index in [4.69, 9.17) is 11.6 Å². The van der Waals surface area contributed by atoms with Crippen LogP contribution in [-0.2, 0) is 0 Å². The van der Waals surface area contributed by atoms with Gasteiger partial charge in [0.15, 0.2) is 0 Å². The Morgan fingerprint density at radius 1 is 1.50 bits per heavy atom. The molecule has 0 spiro atoms. The summed E-state index contributed by atoms with van der Waals surface area (Å²) in [7, 11) is 0. The standard InChI is InChI=1S/C15H18ClN3O3/c1-2-3-5-9(8-20)18-13-11(15(21)22)14(16)19-10-6-4-7-17-12(10)13/h4,6-7,9,20H,2-3,5,8H2,1H3,(H,18,19)(H,21,22)/t9-/m0/s1. The molecule has 0 aromatic carbocycles. The summed E-state index contributed by atoms with van der Waals surface area (Å²) in [6.45, 7) is 1.95. The van der Waals surface area contributed by atoms with Crippen molar-refractivity contribution in [3.8, 4) is 0 Å². The maximum absolute atomic E-state index is 11.5. The molecule has 6 nitrogen and oxygen atoms in total. The normalized spacial score (nSPS) is 12.3. The van der Waals surface area contributed by atoms with Gasteiger partial charge in [-0.15, -0.1) is 0 Å². The number of rotatable bonds is 7. The Morgan fingerprint density at radius 2 is 2.27 bits per heavy atom. The Labute approximate surface area is 133 Å². The Balaban J connectivity index is 2.53. The number of pyridine rings is 2. The number of carbonyl (C=O) groups is 1.